The van der Waals surface area contributed by atoms with Gasteiger partial charge in [0.25, 0.3) is 5.89 Å². The standard InChI is InChI=1S/C25H34FN5O2/c1-25(2,26)24-28-22(29-33-24)19-8-9-21(27-14-19)30-12-10-17(11-13-30)20-15-31(16-20)23(32)18-6-4-3-5-7-18/h8-9,14,17-18,20H,3-7,10-13,15-16H2,1-2H3. The fourth-order valence-electron chi connectivity index (χ4n) is 5.49. The van der Waals surface area contributed by atoms with E-state index in [9.17, 15) is 9.18 Å². The number of amides is 1. The fourth-order valence-corrected chi connectivity index (χ4v) is 5.49. The summed E-state index contributed by atoms with van der Waals surface area (Å²) in [6.07, 6.45) is 9.90. The number of alkyl halides is 1. The molecule has 0 atom stereocenters. The number of hydrogen-bond donors (Lipinski definition) is 0. The maximum absolute atomic E-state index is 14.0. The van der Waals surface area contributed by atoms with Gasteiger partial charge in [-0.25, -0.2) is 9.37 Å². The van der Waals surface area contributed by atoms with Gasteiger partial charge in [-0.3, -0.25) is 4.79 Å². The highest BCUT2D eigenvalue weighted by atomic mass is 19.1. The van der Waals surface area contributed by atoms with E-state index in [1.165, 1.54) is 33.1 Å². The molecule has 1 amide bonds. The Kier molecular flexibility index (Phi) is 6.10. The lowest BCUT2D eigenvalue weighted by Gasteiger charge is -2.47. The van der Waals surface area contributed by atoms with Crippen molar-refractivity contribution in [1.82, 2.24) is 20.0 Å². The second-order valence-corrected chi connectivity index (χ2v) is 10.5. The average molecular weight is 456 g/mol. The Bertz CT molecular complexity index is 950. The fraction of sp³-hybridized carbons (Fsp3) is 0.680. The Balaban J connectivity index is 1.11. The van der Waals surface area contributed by atoms with Crippen LogP contribution in [0.5, 0.6) is 0 Å². The third kappa shape index (κ3) is 4.75. The van der Waals surface area contributed by atoms with Crippen molar-refractivity contribution in [2.45, 2.75) is 64.5 Å². The topological polar surface area (TPSA) is 75.4 Å². The Labute approximate surface area is 194 Å². The van der Waals surface area contributed by atoms with Crippen LogP contribution in [0.15, 0.2) is 22.9 Å². The molecule has 2 aromatic heterocycles. The summed E-state index contributed by atoms with van der Waals surface area (Å²) in [6.45, 7) is 6.65. The van der Waals surface area contributed by atoms with E-state index in [4.69, 9.17) is 4.52 Å². The first-order chi connectivity index (χ1) is 15.9. The lowest BCUT2D eigenvalue weighted by molar-refractivity contribution is -0.144. The molecule has 0 bridgehead atoms. The van der Waals surface area contributed by atoms with Gasteiger partial charge in [-0.15, -0.1) is 0 Å². The summed E-state index contributed by atoms with van der Waals surface area (Å²) >= 11 is 0. The maximum Gasteiger partial charge on any atom is 0.264 e. The minimum absolute atomic E-state index is 0.0290. The Morgan fingerprint density at radius 3 is 2.39 bits per heavy atom. The molecule has 2 aromatic rings. The minimum Gasteiger partial charge on any atom is -0.357 e. The van der Waals surface area contributed by atoms with Crippen LogP contribution in [0.2, 0.25) is 0 Å². The number of halogens is 1. The quantitative estimate of drug-likeness (QED) is 0.656. The zero-order chi connectivity index (χ0) is 23.0. The molecule has 0 unspecified atom stereocenters. The van der Waals surface area contributed by atoms with Gasteiger partial charge in [0.1, 0.15) is 5.82 Å². The van der Waals surface area contributed by atoms with Crippen molar-refractivity contribution in [2.24, 2.45) is 17.8 Å². The van der Waals surface area contributed by atoms with Crippen LogP contribution in [0.3, 0.4) is 0 Å². The van der Waals surface area contributed by atoms with E-state index >= 15 is 0 Å². The Morgan fingerprint density at radius 1 is 1.06 bits per heavy atom. The lowest BCUT2D eigenvalue weighted by Crippen LogP contribution is -2.55. The predicted molar refractivity (Wildman–Crippen MR) is 123 cm³/mol. The molecule has 7 nitrogen and oxygen atoms in total. The number of pyridine rings is 1. The van der Waals surface area contributed by atoms with Gasteiger partial charge in [-0.2, -0.15) is 4.98 Å². The number of nitrogens with zero attached hydrogens (tertiary/aromatic N) is 5. The normalized spacial score (nSPS) is 21.3. The molecule has 2 saturated heterocycles. The first-order valence-corrected chi connectivity index (χ1v) is 12.4. The average Bonchev–Trinajstić information content (AvgIpc) is 3.30. The predicted octanol–water partition coefficient (Wildman–Crippen LogP) is 4.59. The van der Waals surface area contributed by atoms with Gasteiger partial charge >= 0.3 is 0 Å². The molecule has 33 heavy (non-hydrogen) atoms. The number of carbonyl (C=O) groups is 1. The van der Waals surface area contributed by atoms with E-state index in [2.05, 4.69) is 24.9 Å². The summed E-state index contributed by atoms with van der Waals surface area (Å²) < 4.78 is 19.0. The number of carbonyl (C=O) groups excluding carboxylic acids is 1. The second-order valence-electron chi connectivity index (χ2n) is 10.5. The van der Waals surface area contributed by atoms with Gasteiger partial charge in [0.05, 0.1) is 0 Å². The van der Waals surface area contributed by atoms with Gasteiger partial charge in [-0.05, 0) is 63.5 Å². The van der Waals surface area contributed by atoms with E-state index in [1.54, 1.807) is 6.20 Å². The van der Waals surface area contributed by atoms with Gasteiger partial charge in [0.15, 0.2) is 5.67 Å². The smallest absolute Gasteiger partial charge is 0.264 e. The molecule has 5 rings (SSSR count). The van der Waals surface area contributed by atoms with Crippen molar-refractivity contribution in [2.75, 3.05) is 31.1 Å². The molecule has 2 aliphatic heterocycles. The van der Waals surface area contributed by atoms with Crippen molar-refractivity contribution in [1.29, 1.82) is 0 Å². The van der Waals surface area contributed by atoms with Crippen LogP contribution in [0.25, 0.3) is 11.4 Å². The van der Waals surface area contributed by atoms with Gasteiger partial charge < -0.3 is 14.3 Å². The van der Waals surface area contributed by atoms with Crippen LogP contribution in [0.1, 0.15) is 64.7 Å². The van der Waals surface area contributed by atoms with Crippen molar-refractivity contribution in [3.05, 3.63) is 24.2 Å². The third-order valence-electron chi connectivity index (χ3n) is 7.65. The molecule has 0 aromatic carbocycles. The van der Waals surface area contributed by atoms with E-state index < -0.39 is 5.67 Å². The van der Waals surface area contributed by atoms with Crippen molar-refractivity contribution in [3.63, 3.8) is 0 Å². The first-order valence-electron chi connectivity index (χ1n) is 12.4. The van der Waals surface area contributed by atoms with Crippen LogP contribution < -0.4 is 4.90 Å². The molecular formula is C25H34FN5O2. The zero-order valence-corrected chi connectivity index (χ0v) is 19.7. The van der Waals surface area contributed by atoms with E-state index in [1.807, 2.05) is 12.1 Å². The molecule has 0 radical (unpaired) electrons. The molecule has 3 fully saturated rings. The Hall–Kier alpha value is -2.51. The number of anilines is 1. The van der Waals surface area contributed by atoms with Crippen LogP contribution in [-0.4, -0.2) is 52.1 Å². The van der Waals surface area contributed by atoms with Gasteiger partial charge in [0.2, 0.25) is 11.7 Å². The number of piperidine rings is 1. The van der Waals surface area contributed by atoms with E-state index in [-0.39, 0.29) is 11.8 Å². The van der Waals surface area contributed by atoms with E-state index in [0.717, 1.165) is 57.7 Å². The number of hydrogen-bond acceptors (Lipinski definition) is 6. The number of aromatic nitrogens is 3. The summed E-state index contributed by atoms with van der Waals surface area (Å²) in [5.41, 5.74) is -0.950. The molecular weight excluding hydrogens is 421 g/mol. The molecule has 0 spiro atoms. The monoisotopic (exact) mass is 455 g/mol. The number of rotatable bonds is 5. The maximum atomic E-state index is 14.0. The first kappa shape index (κ1) is 22.3. The number of likely N-dealkylation sites (tertiary alicyclic amines) is 1. The van der Waals surface area contributed by atoms with Crippen molar-refractivity contribution in [3.8, 4) is 11.4 Å². The highest BCUT2D eigenvalue weighted by Gasteiger charge is 2.39. The summed E-state index contributed by atoms with van der Waals surface area (Å²) in [5, 5.41) is 3.88. The summed E-state index contributed by atoms with van der Waals surface area (Å²) in [4.78, 5) is 25.9. The summed E-state index contributed by atoms with van der Waals surface area (Å²) in [7, 11) is 0. The molecule has 1 aliphatic carbocycles. The summed E-state index contributed by atoms with van der Waals surface area (Å²) in [6, 6.07) is 3.88. The highest BCUT2D eigenvalue weighted by Crippen LogP contribution is 2.35. The molecule has 8 heteroatoms. The molecule has 178 valence electrons. The van der Waals surface area contributed by atoms with Gasteiger partial charge in [-0.1, -0.05) is 24.4 Å². The van der Waals surface area contributed by atoms with Crippen molar-refractivity contribution >= 4 is 11.7 Å². The SMILES string of the molecule is CC(C)(F)c1nc(-c2ccc(N3CCC(C4CN(C(=O)C5CCCCC5)C4)CC3)nc2)no1. The van der Waals surface area contributed by atoms with Crippen LogP contribution >= 0.6 is 0 Å². The van der Waals surface area contributed by atoms with Crippen LogP contribution in [-0.2, 0) is 10.5 Å². The zero-order valence-electron chi connectivity index (χ0n) is 19.7. The molecule has 3 aliphatic rings. The minimum atomic E-state index is -1.66. The summed E-state index contributed by atoms with van der Waals surface area (Å²) in [5.74, 6) is 3.31. The Morgan fingerprint density at radius 2 is 1.79 bits per heavy atom. The second kappa shape index (κ2) is 9.03. The molecule has 4 heterocycles. The lowest BCUT2D eigenvalue weighted by atomic mass is 9.78. The van der Waals surface area contributed by atoms with Crippen LogP contribution in [0.4, 0.5) is 10.2 Å². The molecule has 0 N–H and O–H groups in total. The highest BCUT2D eigenvalue weighted by molar-refractivity contribution is 5.79. The third-order valence-corrected chi connectivity index (χ3v) is 7.65. The molecule has 1 saturated carbocycles. The van der Waals surface area contributed by atoms with Crippen molar-refractivity contribution < 1.29 is 13.7 Å². The van der Waals surface area contributed by atoms with Crippen LogP contribution in [0, 0.1) is 17.8 Å². The van der Waals surface area contributed by atoms with Gasteiger partial charge in [0, 0.05) is 43.9 Å². The largest absolute Gasteiger partial charge is 0.357 e. The van der Waals surface area contributed by atoms with E-state index in [0.29, 0.717) is 29.1 Å².